The van der Waals surface area contributed by atoms with Crippen LogP contribution in [0.15, 0.2) is 47.4 Å². The number of rotatable bonds is 4. The molecule has 0 spiro atoms. The zero-order valence-corrected chi connectivity index (χ0v) is 14.4. The van der Waals surface area contributed by atoms with Crippen molar-refractivity contribution in [1.29, 1.82) is 0 Å². The van der Waals surface area contributed by atoms with E-state index in [2.05, 4.69) is 0 Å². The number of ether oxygens (including phenoxy) is 1. The standard InChI is InChI=1S/C16H15NO5S.ClH/c1-2-22-16(18)10-17-14-6-4-3-5-12(14)13-9-11(23(19,20)21)7-8-15(13)17;/h3-9H,2,10H2,1H3,(H,19,20,21);1H. The molecule has 0 aliphatic heterocycles. The smallest absolute Gasteiger partial charge is 0.325 e. The highest BCUT2D eigenvalue weighted by Crippen LogP contribution is 2.30. The summed E-state index contributed by atoms with van der Waals surface area (Å²) in [7, 11) is -4.29. The molecule has 0 atom stereocenters. The first-order valence-electron chi connectivity index (χ1n) is 7.06. The number of carbonyl (C=O) groups excluding carboxylic acids is 1. The van der Waals surface area contributed by atoms with Crippen LogP contribution in [-0.2, 0) is 26.2 Å². The highest BCUT2D eigenvalue weighted by molar-refractivity contribution is 7.85. The summed E-state index contributed by atoms with van der Waals surface area (Å²) in [5, 5.41) is 1.46. The van der Waals surface area contributed by atoms with Gasteiger partial charge in [0, 0.05) is 21.8 Å². The largest absolute Gasteiger partial charge is 0.465 e. The molecule has 0 aliphatic carbocycles. The first-order chi connectivity index (χ1) is 10.9. The lowest BCUT2D eigenvalue weighted by Crippen LogP contribution is -2.13. The molecule has 1 aromatic heterocycles. The molecule has 0 aliphatic rings. The maximum atomic E-state index is 11.8. The fourth-order valence-electron chi connectivity index (χ4n) is 2.70. The highest BCUT2D eigenvalue weighted by atomic mass is 35.5. The van der Waals surface area contributed by atoms with Crippen LogP contribution in [0.1, 0.15) is 6.92 Å². The number of fused-ring (bicyclic) bond motifs is 3. The summed E-state index contributed by atoms with van der Waals surface area (Å²) in [5.74, 6) is -0.367. The van der Waals surface area contributed by atoms with E-state index in [1.165, 1.54) is 12.1 Å². The van der Waals surface area contributed by atoms with Crippen molar-refractivity contribution in [3.8, 4) is 0 Å². The van der Waals surface area contributed by atoms with E-state index < -0.39 is 10.1 Å². The van der Waals surface area contributed by atoms with E-state index in [0.717, 1.165) is 10.9 Å². The van der Waals surface area contributed by atoms with Gasteiger partial charge in [-0.05, 0) is 31.2 Å². The van der Waals surface area contributed by atoms with Crippen molar-refractivity contribution in [2.45, 2.75) is 18.4 Å². The van der Waals surface area contributed by atoms with Gasteiger partial charge in [-0.25, -0.2) is 0 Å². The zero-order chi connectivity index (χ0) is 16.6. The van der Waals surface area contributed by atoms with Gasteiger partial charge >= 0.3 is 5.97 Å². The molecule has 0 radical (unpaired) electrons. The monoisotopic (exact) mass is 369 g/mol. The first-order valence-corrected chi connectivity index (χ1v) is 8.50. The van der Waals surface area contributed by atoms with Crippen molar-refractivity contribution in [3.05, 3.63) is 42.5 Å². The fourth-order valence-corrected chi connectivity index (χ4v) is 3.21. The Morgan fingerprint density at radius 1 is 1.12 bits per heavy atom. The van der Waals surface area contributed by atoms with Crippen LogP contribution in [0.2, 0.25) is 0 Å². The van der Waals surface area contributed by atoms with Gasteiger partial charge < -0.3 is 9.30 Å². The second-order valence-electron chi connectivity index (χ2n) is 5.06. The molecule has 1 N–H and O–H groups in total. The molecular formula is C16H16ClNO5S. The number of carbonyl (C=O) groups is 1. The van der Waals surface area contributed by atoms with E-state index >= 15 is 0 Å². The van der Waals surface area contributed by atoms with Crippen molar-refractivity contribution in [1.82, 2.24) is 4.57 Å². The van der Waals surface area contributed by atoms with Gasteiger partial charge in [0.15, 0.2) is 0 Å². The molecule has 0 bridgehead atoms. The lowest BCUT2D eigenvalue weighted by molar-refractivity contribution is -0.143. The molecule has 8 heteroatoms. The number of esters is 1. The molecule has 3 rings (SSSR count). The van der Waals surface area contributed by atoms with Crippen LogP contribution < -0.4 is 0 Å². The number of halogens is 1. The normalized spacial score (nSPS) is 11.4. The topological polar surface area (TPSA) is 85.6 Å². The minimum Gasteiger partial charge on any atom is -0.465 e. The number of para-hydroxylation sites is 1. The predicted molar refractivity (Wildman–Crippen MR) is 93.1 cm³/mol. The van der Waals surface area contributed by atoms with E-state index in [1.54, 1.807) is 17.6 Å². The number of aromatic nitrogens is 1. The second-order valence-corrected chi connectivity index (χ2v) is 6.48. The number of nitrogens with zero attached hydrogens (tertiary/aromatic N) is 1. The average molecular weight is 370 g/mol. The van der Waals surface area contributed by atoms with Crippen LogP contribution >= 0.6 is 12.4 Å². The molecule has 0 unspecified atom stereocenters. The summed E-state index contributed by atoms with van der Waals surface area (Å²) in [4.78, 5) is 11.7. The summed E-state index contributed by atoms with van der Waals surface area (Å²) in [6.07, 6.45) is 0. The molecule has 0 saturated heterocycles. The van der Waals surface area contributed by atoms with Gasteiger partial charge in [-0.3, -0.25) is 9.35 Å². The molecular weight excluding hydrogens is 354 g/mol. The molecule has 2 aromatic carbocycles. The third-order valence-corrected chi connectivity index (χ3v) is 4.48. The number of hydrogen-bond acceptors (Lipinski definition) is 4. The van der Waals surface area contributed by atoms with Crippen molar-refractivity contribution >= 4 is 50.3 Å². The van der Waals surface area contributed by atoms with Crippen LogP contribution in [0.25, 0.3) is 21.8 Å². The molecule has 0 saturated carbocycles. The van der Waals surface area contributed by atoms with Crippen molar-refractivity contribution in [3.63, 3.8) is 0 Å². The SMILES string of the molecule is CCOC(=O)Cn1c2ccccc2c2cc(S(=O)(=O)O)ccc21.Cl. The zero-order valence-electron chi connectivity index (χ0n) is 12.8. The third kappa shape index (κ3) is 3.24. The van der Waals surface area contributed by atoms with Crippen LogP contribution in [0, 0.1) is 0 Å². The van der Waals surface area contributed by atoms with Gasteiger partial charge in [0.25, 0.3) is 10.1 Å². The van der Waals surface area contributed by atoms with Crippen molar-refractivity contribution in [2.24, 2.45) is 0 Å². The maximum absolute atomic E-state index is 11.8. The Morgan fingerprint density at radius 3 is 2.46 bits per heavy atom. The predicted octanol–water partition coefficient (Wildman–Crippen LogP) is 3.03. The maximum Gasteiger partial charge on any atom is 0.325 e. The fraction of sp³-hybridized carbons (Fsp3) is 0.188. The van der Waals surface area contributed by atoms with E-state index in [9.17, 15) is 17.8 Å². The molecule has 0 fully saturated rings. The van der Waals surface area contributed by atoms with Crippen molar-refractivity contribution in [2.75, 3.05) is 6.61 Å². The minimum atomic E-state index is -4.29. The second kappa shape index (κ2) is 6.80. The summed E-state index contributed by atoms with van der Waals surface area (Å²) in [6, 6.07) is 11.7. The van der Waals surface area contributed by atoms with Gasteiger partial charge in [-0.1, -0.05) is 18.2 Å². The van der Waals surface area contributed by atoms with Crippen LogP contribution in [0.5, 0.6) is 0 Å². The Labute approximate surface area is 145 Å². The van der Waals surface area contributed by atoms with Crippen molar-refractivity contribution < 1.29 is 22.5 Å². The summed E-state index contributed by atoms with van der Waals surface area (Å²) in [5.41, 5.74) is 1.50. The van der Waals surface area contributed by atoms with E-state index in [0.29, 0.717) is 17.5 Å². The van der Waals surface area contributed by atoms with Crippen LogP contribution in [-0.4, -0.2) is 30.1 Å². The minimum absolute atomic E-state index is 0. The Kier molecular flexibility index (Phi) is 5.17. The number of benzene rings is 2. The van der Waals surface area contributed by atoms with Gasteiger partial charge in [0.05, 0.1) is 11.5 Å². The molecule has 3 aromatic rings. The molecule has 6 nitrogen and oxygen atoms in total. The van der Waals surface area contributed by atoms with Crippen LogP contribution in [0.3, 0.4) is 0 Å². The Bertz CT molecular complexity index is 1010. The summed E-state index contributed by atoms with van der Waals surface area (Å²) in [6.45, 7) is 2.06. The lowest BCUT2D eigenvalue weighted by Gasteiger charge is -2.07. The Hall–Kier alpha value is -2.09. The van der Waals surface area contributed by atoms with E-state index in [-0.39, 0.29) is 29.8 Å². The summed E-state index contributed by atoms with van der Waals surface area (Å²) >= 11 is 0. The Morgan fingerprint density at radius 2 is 1.79 bits per heavy atom. The number of hydrogen-bond donors (Lipinski definition) is 1. The average Bonchev–Trinajstić information content (AvgIpc) is 2.81. The van der Waals surface area contributed by atoms with Crippen LogP contribution in [0.4, 0.5) is 0 Å². The van der Waals surface area contributed by atoms with Gasteiger partial charge in [-0.2, -0.15) is 8.42 Å². The highest BCUT2D eigenvalue weighted by Gasteiger charge is 2.17. The lowest BCUT2D eigenvalue weighted by atomic mass is 10.1. The molecule has 0 amide bonds. The third-order valence-electron chi connectivity index (χ3n) is 3.63. The first kappa shape index (κ1) is 18.3. The van der Waals surface area contributed by atoms with E-state index in [4.69, 9.17) is 4.74 Å². The quantitative estimate of drug-likeness (QED) is 0.564. The molecule has 1 heterocycles. The van der Waals surface area contributed by atoms with Gasteiger partial charge in [0.2, 0.25) is 0 Å². The van der Waals surface area contributed by atoms with Gasteiger partial charge in [0.1, 0.15) is 6.54 Å². The Balaban J connectivity index is 0.00000208. The van der Waals surface area contributed by atoms with E-state index in [1.807, 2.05) is 24.3 Å². The summed E-state index contributed by atoms with van der Waals surface area (Å²) < 4.78 is 38.7. The molecule has 128 valence electrons. The van der Waals surface area contributed by atoms with Gasteiger partial charge in [-0.15, -0.1) is 12.4 Å². The molecule has 24 heavy (non-hydrogen) atoms.